The lowest BCUT2D eigenvalue weighted by molar-refractivity contribution is -0.274. The minimum atomic E-state index is -4.68. The molecule has 0 radical (unpaired) electrons. The van der Waals surface area contributed by atoms with Gasteiger partial charge in [-0.2, -0.15) is 0 Å². The zero-order valence-electron chi connectivity index (χ0n) is 10.2. The molecule has 2 N–H and O–H groups in total. The molecule has 0 spiro atoms. The van der Waals surface area contributed by atoms with Crippen molar-refractivity contribution in [2.24, 2.45) is 5.73 Å². The summed E-state index contributed by atoms with van der Waals surface area (Å²) < 4.78 is 44.9. The van der Waals surface area contributed by atoms with Gasteiger partial charge < -0.3 is 15.2 Å². The maximum atomic E-state index is 11.9. The molecule has 0 heterocycles. The maximum Gasteiger partial charge on any atom is 0.573 e. The Morgan fingerprint density at radius 1 is 1.17 bits per heavy atom. The van der Waals surface area contributed by atoms with Crippen molar-refractivity contribution < 1.29 is 22.6 Å². The van der Waals surface area contributed by atoms with Crippen LogP contribution in [-0.2, 0) is 4.74 Å². The van der Waals surface area contributed by atoms with Crippen molar-refractivity contribution in [3.05, 3.63) is 29.8 Å². The summed E-state index contributed by atoms with van der Waals surface area (Å²) >= 11 is 0. The van der Waals surface area contributed by atoms with Crippen LogP contribution in [0.2, 0.25) is 0 Å². The van der Waals surface area contributed by atoms with Gasteiger partial charge in [-0.1, -0.05) is 12.1 Å². The Morgan fingerprint density at radius 3 is 2.17 bits per heavy atom. The van der Waals surface area contributed by atoms with E-state index in [4.69, 9.17) is 10.5 Å². The number of hydrogen-bond acceptors (Lipinski definition) is 3. The highest BCUT2D eigenvalue weighted by atomic mass is 19.4. The summed E-state index contributed by atoms with van der Waals surface area (Å²) in [5.74, 6) is -0.261. The first-order valence-electron chi connectivity index (χ1n) is 5.51. The van der Waals surface area contributed by atoms with Crippen molar-refractivity contribution in [1.82, 2.24) is 0 Å². The lowest BCUT2D eigenvalue weighted by atomic mass is 10.1. The number of hydrogen-bond donors (Lipinski definition) is 1. The minimum absolute atomic E-state index is 0.0592. The molecule has 1 aromatic rings. The maximum absolute atomic E-state index is 11.9. The monoisotopic (exact) mass is 263 g/mol. The van der Waals surface area contributed by atoms with Crippen LogP contribution in [-0.4, -0.2) is 19.1 Å². The first-order chi connectivity index (χ1) is 8.28. The summed E-state index contributed by atoms with van der Waals surface area (Å²) in [6.07, 6.45) is -4.62. The lowest BCUT2D eigenvalue weighted by Crippen LogP contribution is -2.20. The quantitative estimate of drug-likeness (QED) is 0.888. The minimum Gasteiger partial charge on any atom is -0.406 e. The zero-order valence-corrected chi connectivity index (χ0v) is 10.2. The van der Waals surface area contributed by atoms with E-state index in [1.165, 1.54) is 24.3 Å². The highest BCUT2D eigenvalue weighted by molar-refractivity contribution is 5.29. The number of rotatable bonds is 5. The number of halogens is 3. The summed E-state index contributed by atoms with van der Waals surface area (Å²) in [4.78, 5) is 0. The van der Waals surface area contributed by atoms with Crippen molar-refractivity contribution in [2.45, 2.75) is 32.4 Å². The smallest absolute Gasteiger partial charge is 0.406 e. The molecule has 0 saturated heterocycles. The molecule has 0 aliphatic carbocycles. The second kappa shape index (κ2) is 6.06. The Bertz CT molecular complexity index is 363. The third kappa shape index (κ3) is 5.37. The van der Waals surface area contributed by atoms with Crippen LogP contribution in [0.1, 0.15) is 25.5 Å². The summed E-state index contributed by atoms with van der Waals surface area (Å²) in [7, 11) is 0. The van der Waals surface area contributed by atoms with Crippen LogP contribution in [0.4, 0.5) is 13.2 Å². The molecular formula is C12H16F3NO2. The molecule has 1 rings (SSSR count). The van der Waals surface area contributed by atoms with Gasteiger partial charge in [-0.3, -0.25) is 0 Å². The van der Waals surface area contributed by atoms with Gasteiger partial charge in [0.2, 0.25) is 0 Å². The third-order valence-electron chi connectivity index (χ3n) is 2.15. The topological polar surface area (TPSA) is 44.5 Å². The van der Waals surface area contributed by atoms with E-state index in [0.29, 0.717) is 12.2 Å². The predicted molar refractivity (Wildman–Crippen MR) is 61.1 cm³/mol. The van der Waals surface area contributed by atoms with Crippen LogP contribution in [0.15, 0.2) is 24.3 Å². The van der Waals surface area contributed by atoms with Crippen molar-refractivity contribution in [3.63, 3.8) is 0 Å². The molecule has 0 aromatic heterocycles. The second-order valence-electron chi connectivity index (χ2n) is 4.11. The van der Waals surface area contributed by atoms with E-state index >= 15 is 0 Å². The van der Waals surface area contributed by atoms with Crippen molar-refractivity contribution in [1.29, 1.82) is 0 Å². The highest BCUT2D eigenvalue weighted by Crippen LogP contribution is 2.24. The molecule has 0 bridgehead atoms. The third-order valence-corrected chi connectivity index (χ3v) is 2.15. The van der Waals surface area contributed by atoms with E-state index in [2.05, 4.69) is 4.74 Å². The first-order valence-corrected chi connectivity index (χ1v) is 5.51. The van der Waals surface area contributed by atoms with Gasteiger partial charge in [-0.15, -0.1) is 13.2 Å². The zero-order chi connectivity index (χ0) is 13.8. The van der Waals surface area contributed by atoms with Crippen LogP contribution in [0.25, 0.3) is 0 Å². The van der Waals surface area contributed by atoms with Crippen LogP contribution >= 0.6 is 0 Å². The number of alkyl halides is 3. The summed E-state index contributed by atoms with van der Waals surface area (Å²) in [5, 5.41) is 0. The van der Waals surface area contributed by atoms with E-state index < -0.39 is 6.36 Å². The van der Waals surface area contributed by atoms with E-state index in [0.717, 1.165) is 0 Å². The molecule has 3 nitrogen and oxygen atoms in total. The molecular weight excluding hydrogens is 247 g/mol. The molecule has 6 heteroatoms. The fraction of sp³-hybridized carbons (Fsp3) is 0.500. The van der Waals surface area contributed by atoms with Crippen molar-refractivity contribution in [3.8, 4) is 5.75 Å². The Balaban J connectivity index is 2.59. The van der Waals surface area contributed by atoms with Gasteiger partial charge in [0.1, 0.15) is 5.75 Å². The molecule has 0 amide bonds. The summed E-state index contributed by atoms with van der Waals surface area (Å²) in [6, 6.07) is 5.09. The van der Waals surface area contributed by atoms with E-state index in [9.17, 15) is 13.2 Å². The summed E-state index contributed by atoms with van der Waals surface area (Å²) in [6.45, 7) is 4.08. The van der Waals surface area contributed by atoms with E-state index in [1.54, 1.807) is 0 Å². The van der Waals surface area contributed by atoms with E-state index in [1.807, 2.05) is 13.8 Å². The van der Waals surface area contributed by atoms with Gasteiger partial charge in [0.15, 0.2) is 0 Å². The molecule has 18 heavy (non-hydrogen) atoms. The average Bonchev–Trinajstić information content (AvgIpc) is 2.24. The molecule has 1 atom stereocenters. The molecule has 0 saturated carbocycles. The fourth-order valence-corrected chi connectivity index (χ4v) is 1.31. The fourth-order valence-electron chi connectivity index (χ4n) is 1.31. The lowest BCUT2D eigenvalue weighted by Gasteiger charge is -2.15. The number of ether oxygens (including phenoxy) is 2. The Kier molecular flexibility index (Phi) is 4.98. The van der Waals surface area contributed by atoms with Crippen LogP contribution in [0.5, 0.6) is 5.75 Å². The SMILES string of the molecule is CC(C)OCC(N)c1ccc(OC(F)(F)F)cc1. The molecule has 0 fully saturated rings. The van der Waals surface area contributed by atoms with Crippen LogP contribution in [0, 0.1) is 0 Å². The van der Waals surface area contributed by atoms with E-state index in [-0.39, 0.29) is 17.9 Å². The van der Waals surface area contributed by atoms with Crippen LogP contribution < -0.4 is 10.5 Å². The molecule has 0 aliphatic rings. The predicted octanol–water partition coefficient (Wildman–Crippen LogP) is 3.01. The highest BCUT2D eigenvalue weighted by Gasteiger charge is 2.30. The molecule has 102 valence electrons. The van der Waals surface area contributed by atoms with Gasteiger partial charge in [0.25, 0.3) is 0 Å². The van der Waals surface area contributed by atoms with Crippen LogP contribution in [0.3, 0.4) is 0 Å². The molecule has 0 aliphatic heterocycles. The van der Waals surface area contributed by atoms with Gasteiger partial charge in [0.05, 0.1) is 18.8 Å². The Hall–Kier alpha value is -1.27. The van der Waals surface area contributed by atoms with Gasteiger partial charge in [-0.05, 0) is 31.5 Å². The standard InChI is InChI=1S/C12H16F3NO2/c1-8(2)17-7-11(16)9-3-5-10(6-4-9)18-12(13,14)15/h3-6,8,11H,7,16H2,1-2H3. The Labute approximate surface area is 104 Å². The summed E-state index contributed by atoms with van der Waals surface area (Å²) in [5.41, 5.74) is 6.53. The molecule has 1 unspecified atom stereocenters. The first kappa shape index (κ1) is 14.8. The normalized spacial score (nSPS) is 13.7. The average molecular weight is 263 g/mol. The van der Waals surface area contributed by atoms with Crippen molar-refractivity contribution in [2.75, 3.05) is 6.61 Å². The largest absolute Gasteiger partial charge is 0.573 e. The second-order valence-corrected chi connectivity index (χ2v) is 4.11. The van der Waals surface area contributed by atoms with Gasteiger partial charge in [-0.25, -0.2) is 0 Å². The Morgan fingerprint density at radius 2 is 1.72 bits per heavy atom. The van der Waals surface area contributed by atoms with Gasteiger partial charge >= 0.3 is 6.36 Å². The number of benzene rings is 1. The van der Waals surface area contributed by atoms with Crippen molar-refractivity contribution >= 4 is 0 Å². The van der Waals surface area contributed by atoms with Gasteiger partial charge in [0, 0.05) is 0 Å². The molecule has 1 aromatic carbocycles. The number of nitrogens with two attached hydrogens (primary N) is 1.